The van der Waals surface area contributed by atoms with Gasteiger partial charge in [-0.25, -0.2) is 0 Å². The smallest absolute Gasteiger partial charge is 0.305 e. The quantitative estimate of drug-likeness (QED) is 0.359. The molecule has 0 N–H and O–H groups in total. The van der Waals surface area contributed by atoms with Crippen molar-refractivity contribution < 1.29 is 17.1 Å². The van der Waals surface area contributed by atoms with E-state index in [0.717, 1.165) is 58.8 Å². The van der Waals surface area contributed by atoms with Crippen LogP contribution >= 0.6 is 23.2 Å². The van der Waals surface area contributed by atoms with Crippen molar-refractivity contribution in [3.8, 4) is 0 Å². The van der Waals surface area contributed by atoms with Gasteiger partial charge in [0.05, 0.1) is 0 Å². The molecule has 122 valence electrons. The Morgan fingerprint density at radius 1 is 0.714 bits per heavy atom. The Morgan fingerprint density at radius 3 is 2.05 bits per heavy atom. The normalized spacial score (nSPS) is 33.1. The minimum Gasteiger partial charge on any atom is -0.305 e. The number of hydrogen-bond acceptors (Lipinski definition) is 4. The number of likely N-dealkylation sites (N-methyl/N-ethyl adjacent to an activating group) is 2. The van der Waals surface area contributed by atoms with E-state index in [1.165, 1.54) is 13.0 Å². The molecular weight excluding hydrogens is 350 g/mol. The van der Waals surface area contributed by atoms with Crippen molar-refractivity contribution in [3.63, 3.8) is 0 Å². The van der Waals surface area contributed by atoms with Crippen LogP contribution < -0.4 is 0 Å². The van der Waals surface area contributed by atoms with Crippen LogP contribution in [0.4, 0.5) is 0 Å². The summed E-state index contributed by atoms with van der Waals surface area (Å²) in [5, 5.41) is 0. The molecule has 0 aromatic rings. The van der Waals surface area contributed by atoms with E-state index in [2.05, 4.69) is 33.7 Å². The van der Waals surface area contributed by atoms with Crippen LogP contribution in [0.25, 0.3) is 0 Å². The predicted molar refractivity (Wildman–Crippen MR) is 86.7 cm³/mol. The Balaban J connectivity index is 0.00000220. The van der Waals surface area contributed by atoms with Crippen LogP contribution in [0.5, 0.6) is 0 Å². The Kier molecular flexibility index (Phi) is 8.84. The first-order valence-electron chi connectivity index (χ1n) is 7.70. The van der Waals surface area contributed by atoms with Gasteiger partial charge >= 0.3 is 17.1 Å². The number of hydrogen-bond donors (Lipinski definition) is 0. The molecule has 2 rings (SSSR count). The van der Waals surface area contributed by atoms with Crippen molar-refractivity contribution >= 4 is 23.2 Å². The second-order valence-electron chi connectivity index (χ2n) is 6.20. The molecule has 0 amide bonds. The second kappa shape index (κ2) is 9.29. The number of nitrogens with zero attached hydrogens (tertiary/aromatic N) is 4. The summed E-state index contributed by atoms with van der Waals surface area (Å²) in [5.41, 5.74) is 0. The largest absolute Gasteiger partial charge is 3.00 e. The Morgan fingerprint density at radius 2 is 1.29 bits per heavy atom. The van der Waals surface area contributed by atoms with E-state index >= 15 is 0 Å². The third-order valence-electron chi connectivity index (χ3n) is 4.51. The predicted octanol–water partition coefficient (Wildman–Crippen LogP) is 1.39. The summed E-state index contributed by atoms with van der Waals surface area (Å²) < 4.78 is -0.739. The van der Waals surface area contributed by atoms with E-state index in [9.17, 15) is 0 Å². The number of rotatable bonds is 0. The van der Waals surface area contributed by atoms with Crippen LogP contribution in [-0.4, -0.2) is 97.1 Å². The van der Waals surface area contributed by atoms with Crippen molar-refractivity contribution in [2.75, 3.05) is 73.0 Å². The molecule has 0 aromatic carbocycles. The fourth-order valence-corrected chi connectivity index (χ4v) is 3.42. The summed E-state index contributed by atoms with van der Waals surface area (Å²) in [6.45, 7) is 9.53. The maximum Gasteiger partial charge on any atom is 3.00 e. The van der Waals surface area contributed by atoms with E-state index in [-0.39, 0.29) is 17.1 Å². The topological polar surface area (TPSA) is 13.0 Å². The summed E-state index contributed by atoms with van der Waals surface area (Å²) in [6, 6.07) is 0. The van der Waals surface area contributed by atoms with Gasteiger partial charge in [0.1, 0.15) is 0 Å². The van der Waals surface area contributed by atoms with Gasteiger partial charge < -0.3 is 14.7 Å². The fraction of sp³-hybridized carbons (Fsp3) is 1.00. The van der Waals surface area contributed by atoms with Crippen molar-refractivity contribution in [3.05, 3.63) is 0 Å². The molecule has 2 aliphatic rings. The SMILES string of the molecule is CN1CCCN2CCN(C)CCC(Cl)(Cl)N(CC1)CC2.[Mn+3]. The molecule has 21 heavy (non-hydrogen) atoms. The maximum absolute atomic E-state index is 6.63. The molecule has 2 aliphatic heterocycles. The molecule has 2 heterocycles. The molecular formula is C14H28Cl2MnN4+3. The minimum absolute atomic E-state index is 0. The van der Waals surface area contributed by atoms with Gasteiger partial charge in [0.25, 0.3) is 0 Å². The second-order valence-corrected chi connectivity index (χ2v) is 7.65. The minimum atomic E-state index is -0.739. The van der Waals surface area contributed by atoms with Crippen LogP contribution in [0.1, 0.15) is 12.8 Å². The number of alkyl halides is 2. The summed E-state index contributed by atoms with van der Waals surface area (Å²) in [5.74, 6) is 0. The first-order valence-corrected chi connectivity index (χ1v) is 8.45. The molecule has 0 radical (unpaired) electrons. The Labute approximate surface area is 150 Å². The van der Waals surface area contributed by atoms with Gasteiger partial charge in [-0.1, -0.05) is 23.2 Å². The summed E-state index contributed by atoms with van der Waals surface area (Å²) in [4.78, 5) is 9.54. The van der Waals surface area contributed by atoms with Crippen molar-refractivity contribution in [1.82, 2.24) is 19.6 Å². The molecule has 4 nitrogen and oxygen atoms in total. The average molecular weight is 378 g/mol. The summed E-state index contributed by atoms with van der Waals surface area (Å²) in [7, 11) is 4.35. The maximum atomic E-state index is 6.63. The fourth-order valence-electron chi connectivity index (χ4n) is 2.91. The Bertz CT molecular complexity index is 307. The van der Waals surface area contributed by atoms with Crippen molar-refractivity contribution in [1.29, 1.82) is 0 Å². The van der Waals surface area contributed by atoms with Gasteiger partial charge in [-0.2, -0.15) is 0 Å². The zero-order valence-electron chi connectivity index (χ0n) is 13.2. The number of fused-ring (bicyclic) bond motifs is 3. The Hall–Kier alpha value is 0.939. The molecule has 0 spiro atoms. The molecule has 2 bridgehead atoms. The molecule has 0 saturated carbocycles. The first kappa shape index (κ1) is 20.0. The van der Waals surface area contributed by atoms with E-state index < -0.39 is 4.46 Å². The van der Waals surface area contributed by atoms with E-state index in [1.807, 2.05) is 0 Å². The van der Waals surface area contributed by atoms with E-state index in [4.69, 9.17) is 23.2 Å². The van der Waals surface area contributed by atoms with Gasteiger partial charge in [-0.05, 0) is 33.6 Å². The van der Waals surface area contributed by atoms with E-state index in [0.29, 0.717) is 0 Å². The first-order chi connectivity index (χ1) is 9.47. The zero-order valence-corrected chi connectivity index (χ0v) is 15.9. The van der Waals surface area contributed by atoms with Crippen LogP contribution in [0.15, 0.2) is 0 Å². The monoisotopic (exact) mass is 377 g/mol. The number of halogens is 2. The molecule has 2 unspecified atom stereocenters. The average Bonchev–Trinajstić information content (AvgIpc) is 2.40. The molecule has 2 fully saturated rings. The third kappa shape index (κ3) is 6.52. The standard InChI is InChI=1S/C14H28Cl2N4.Mn/c1-17-5-3-6-19-10-8-18(2)7-4-14(15,16)20(12-9-17)13-11-19;/h3-13H2,1-2H3;/q;+3. The van der Waals surface area contributed by atoms with Crippen LogP contribution in [-0.2, 0) is 17.1 Å². The van der Waals surface area contributed by atoms with Gasteiger partial charge in [0, 0.05) is 52.2 Å². The van der Waals surface area contributed by atoms with Crippen LogP contribution in [0.2, 0.25) is 0 Å². The van der Waals surface area contributed by atoms with Crippen molar-refractivity contribution in [2.45, 2.75) is 17.3 Å². The third-order valence-corrected chi connectivity index (χ3v) is 5.36. The zero-order chi connectivity index (χ0) is 14.6. The summed E-state index contributed by atoms with van der Waals surface area (Å²) >= 11 is 13.3. The van der Waals surface area contributed by atoms with Crippen molar-refractivity contribution in [2.24, 2.45) is 0 Å². The molecule has 2 saturated heterocycles. The molecule has 0 aliphatic carbocycles. The van der Waals surface area contributed by atoms with Gasteiger partial charge in [-0.3, -0.25) is 4.90 Å². The molecule has 0 aromatic heterocycles. The molecule has 7 heteroatoms. The van der Waals surface area contributed by atoms with E-state index in [1.54, 1.807) is 0 Å². The van der Waals surface area contributed by atoms with Crippen LogP contribution in [0.3, 0.4) is 0 Å². The molecule has 2 atom stereocenters. The van der Waals surface area contributed by atoms with Gasteiger partial charge in [-0.15, -0.1) is 0 Å². The summed E-state index contributed by atoms with van der Waals surface area (Å²) in [6.07, 6.45) is 2.05. The van der Waals surface area contributed by atoms with Gasteiger partial charge in [0.15, 0.2) is 4.46 Å². The van der Waals surface area contributed by atoms with Gasteiger partial charge in [0.2, 0.25) is 0 Å². The van der Waals surface area contributed by atoms with Crippen LogP contribution in [0, 0.1) is 0 Å².